The second kappa shape index (κ2) is 2.95. The molecule has 0 saturated carbocycles. The Labute approximate surface area is 71.4 Å². The number of nitrogens with one attached hydrogen (secondary N) is 1. The molecule has 0 aromatic carbocycles. The second-order valence-corrected chi connectivity index (χ2v) is 2.69. The maximum Gasteiger partial charge on any atom is 0.141 e. The summed E-state index contributed by atoms with van der Waals surface area (Å²) >= 11 is 8.46. The lowest BCUT2D eigenvalue weighted by molar-refractivity contribution is 0.987. The molecule has 1 aromatic heterocycles. The molecule has 0 aliphatic rings. The van der Waals surface area contributed by atoms with E-state index in [1.54, 1.807) is 12.3 Å². The molecule has 1 N–H and O–H groups in total. The van der Waals surface area contributed by atoms with Crippen molar-refractivity contribution in [3.8, 4) is 6.07 Å². The summed E-state index contributed by atoms with van der Waals surface area (Å²) in [6.07, 6.45) is 1.66. The fraction of sp³-hybridized carbons (Fsp3) is 0. The fourth-order valence-corrected chi connectivity index (χ4v) is 1.15. The zero-order valence-corrected chi connectivity index (χ0v) is 7.15. The fourth-order valence-electron chi connectivity index (χ4n) is 0.586. The number of nitriles is 1. The molecule has 0 spiro atoms. The molecule has 1 rings (SSSR count). The highest BCUT2D eigenvalue weighted by molar-refractivity contribution is 9.10. The standard InChI is InChI=1S/C5H3BrClN3/c6-4-1-5(2-8)10(3-4)9-7/h1,3,9H. The van der Waals surface area contributed by atoms with Gasteiger partial charge in [-0.2, -0.15) is 5.26 Å². The van der Waals surface area contributed by atoms with Crippen molar-refractivity contribution in [3.63, 3.8) is 0 Å². The molecule has 0 bridgehead atoms. The van der Waals surface area contributed by atoms with Gasteiger partial charge in [-0.25, -0.2) is 9.62 Å². The number of rotatable bonds is 1. The number of nitrogens with zero attached hydrogens (tertiary/aromatic N) is 2. The summed E-state index contributed by atoms with van der Waals surface area (Å²) < 4.78 is 2.23. The van der Waals surface area contributed by atoms with E-state index in [2.05, 4.69) is 20.9 Å². The van der Waals surface area contributed by atoms with Gasteiger partial charge in [-0.15, -0.1) is 0 Å². The van der Waals surface area contributed by atoms with Crippen molar-refractivity contribution in [1.29, 1.82) is 5.26 Å². The van der Waals surface area contributed by atoms with E-state index in [1.807, 2.05) is 6.07 Å². The Morgan fingerprint density at radius 1 is 1.80 bits per heavy atom. The van der Waals surface area contributed by atoms with Crippen LogP contribution in [0.25, 0.3) is 0 Å². The summed E-state index contributed by atoms with van der Waals surface area (Å²) in [5, 5.41) is 8.47. The van der Waals surface area contributed by atoms with Crippen LogP contribution in [0.1, 0.15) is 5.69 Å². The molecular formula is C5H3BrClN3. The lowest BCUT2D eigenvalue weighted by Gasteiger charge is -1.96. The van der Waals surface area contributed by atoms with Gasteiger partial charge < -0.3 is 0 Å². The first-order chi connectivity index (χ1) is 4.77. The first-order valence-electron chi connectivity index (χ1n) is 2.42. The van der Waals surface area contributed by atoms with Gasteiger partial charge in [0.25, 0.3) is 0 Å². The summed E-state index contributed by atoms with van der Waals surface area (Å²) in [6, 6.07) is 3.62. The van der Waals surface area contributed by atoms with E-state index in [0.717, 1.165) is 4.47 Å². The zero-order valence-electron chi connectivity index (χ0n) is 4.81. The van der Waals surface area contributed by atoms with E-state index in [1.165, 1.54) is 4.68 Å². The minimum absolute atomic E-state index is 0.460. The normalized spacial score (nSPS) is 8.90. The highest BCUT2D eigenvalue weighted by Crippen LogP contribution is 2.12. The molecule has 0 amide bonds. The second-order valence-electron chi connectivity index (χ2n) is 1.61. The molecule has 1 aromatic rings. The van der Waals surface area contributed by atoms with Gasteiger partial charge in [-0.3, -0.25) is 0 Å². The highest BCUT2D eigenvalue weighted by Gasteiger charge is 2.00. The summed E-state index contributed by atoms with van der Waals surface area (Å²) in [4.78, 5) is 2.30. The van der Waals surface area contributed by atoms with E-state index in [0.29, 0.717) is 5.69 Å². The van der Waals surface area contributed by atoms with Crippen LogP contribution in [0.5, 0.6) is 0 Å². The monoisotopic (exact) mass is 219 g/mol. The third-order valence-corrected chi connectivity index (χ3v) is 1.61. The van der Waals surface area contributed by atoms with E-state index in [-0.39, 0.29) is 0 Å². The average molecular weight is 220 g/mol. The first kappa shape index (κ1) is 7.45. The van der Waals surface area contributed by atoms with Gasteiger partial charge in [0.15, 0.2) is 0 Å². The van der Waals surface area contributed by atoms with Crippen LogP contribution in [0.2, 0.25) is 0 Å². The minimum atomic E-state index is 0.460. The quantitative estimate of drug-likeness (QED) is 0.734. The Bertz CT molecular complexity index is 275. The third kappa shape index (κ3) is 1.25. The number of halogens is 2. The Balaban J connectivity index is 3.12. The summed E-state index contributed by atoms with van der Waals surface area (Å²) in [5.74, 6) is 0. The van der Waals surface area contributed by atoms with Gasteiger partial charge in [0, 0.05) is 22.4 Å². The highest BCUT2D eigenvalue weighted by atomic mass is 79.9. The number of aromatic nitrogens is 1. The summed E-state index contributed by atoms with van der Waals surface area (Å²) in [6.45, 7) is 0. The molecular weight excluding hydrogens is 217 g/mol. The Hall–Kier alpha value is -0.660. The molecule has 1 heterocycles. The van der Waals surface area contributed by atoms with E-state index in [4.69, 9.17) is 17.0 Å². The van der Waals surface area contributed by atoms with Crippen LogP contribution in [-0.2, 0) is 0 Å². The lowest BCUT2D eigenvalue weighted by Crippen LogP contribution is -2.02. The Kier molecular flexibility index (Phi) is 2.20. The molecule has 0 radical (unpaired) electrons. The van der Waals surface area contributed by atoms with Gasteiger partial charge in [-0.1, -0.05) is 0 Å². The van der Waals surface area contributed by atoms with E-state index < -0.39 is 0 Å². The predicted molar refractivity (Wildman–Crippen MR) is 42.1 cm³/mol. The molecule has 3 nitrogen and oxygen atoms in total. The van der Waals surface area contributed by atoms with Crippen LogP contribution < -0.4 is 4.94 Å². The predicted octanol–water partition coefficient (Wildman–Crippen LogP) is 1.82. The van der Waals surface area contributed by atoms with Crippen LogP contribution >= 0.6 is 27.7 Å². The average Bonchev–Trinajstić information content (AvgIpc) is 2.30. The molecule has 52 valence electrons. The maximum absolute atomic E-state index is 8.47. The van der Waals surface area contributed by atoms with Crippen molar-refractivity contribution >= 4 is 27.7 Å². The van der Waals surface area contributed by atoms with Crippen LogP contribution in [0.4, 0.5) is 0 Å². The smallest absolute Gasteiger partial charge is 0.141 e. The Morgan fingerprint density at radius 2 is 2.50 bits per heavy atom. The van der Waals surface area contributed by atoms with Crippen LogP contribution in [0.3, 0.4) is 0 Å². The van der Waals surface area contributed by atoms with Crippen molar-refractivity contribution in [2.45, 2.75) is 0 Å². The van der Waals surface area contributed by atoms with Crippen molar-refractivity contribution in [2.24, 2.45) is 0 Å². The first-order valence-corrected chi connectivity index (χ1v) is 3.59. The molecule has 0 unspecified atom stereocenters. The summed E-state index contributed by atoms with van der Waals surface area (Å²) in [5.41, 5.74) is 0.460. The Morgan fingerprint density at radius 3 is 2.90 bits per heavy atom. The van der Waals surface area contributed by atoms with Gasteiger partial charge in [0.2, 0.25) is 0 Å². The molecule has 0 aliphatic carbocycles. The summed E-state index contributed by atoms with van der Waals surface area (Å²) in [7, 11) is 0. The largest absolute Gasteiger partial charge is 0.242 e. The lowest BCUT2D eigenvalue weighted by atomic mass is 10.5. The topological polar surface area (TPSA) is 40.8 Å². The molecule has 0 saturated heterocycles. The van der Waals surface area contributed by atoms with E-state index >= 15 is 0 Å². The van der Waals surface area contributed by atoms with Gasteiger partial charge in [-0.05, 0) is 22.0 Å². The van der Waals surface area contributed by atoms with E-state index in [9.17, 15) is 0 Å². The molecule has 0 fully saturated rings. The van der Waals surface area contributed by atoms with Crippen molar-refractivity contribution in [1.82, 2.24) is 4.68 Å². The van der Waals surface area contributed by atoms with Crippen LogP contribution in [0.15, 0.2) is 16.7 Å². The SMILES string of the molecule is N#Cc1cc(Br)cn1NCl. The van der Waals surface area contributed by atoms with Crippen molar-refractivity contribution in [2.75, 3.05) is 4.94 Å². The van der Waals surface area contributed by atoms with Crippen molar-refractivity contribution in [3.05, 3.63) is 22.4 Å². The molecule has 0 aliphatic heterocycles. The van der Waals surface area contributed by atoms with Gasteiger partial charge in [0.1, 0.15) is 11.8 Å². The zero-order chi connectivity index (χ0) is 7.56. The molecule has 0 atom stereocenters. The van der Waals surface area contributed by atoms with Crippen LogP contribution in [0, 0.1) is 11.3 Å². The third-order valence-electron chi connectivity index (χ3n) is 0.992. The van der Waals surface area contributed by atoms with Gasteiger partial charge >= 0.3 is 0 Å². The number of hydrogen-bond acceptors (Lipinski definition) is 2. The molecule has 5 heteroatoms. The van der Waals surface area contributed by atoms with Gasteiger partial charge in [0.05, 0.1) is 0 Å². The maximum atomic E-state index is 8.47. The number of hydrogen-bond donors (Lipinski definition) is 1. The van der Waals surface area contributed by atoms with Crippen LogP contribution in [-0.4, -0.2) is 4.68 Å². The minimum Gasteiger partial charge on any atom is -0.242 e. The van der Waals surface area contributed by atoms with Crippen molar-refractivity contribution < 1.29 is 0 Å². The molecule has 10 heavy (non-hydrogen) atoms.